The van der Waals surface area contributed by atoms with Gasteiger partial charge in [-0.05, 0) is 39.8 Å². The van der Waals surface area contributed by atoms with Crippen LogP contribution in [0.4, 0.5) is 10.1 Å². The molecular formula is C17H23ClFNO3S. The predicted molar refractivity (Wildman–Crippen MR) is 96.0 cm³/mol. The molecule has 1 aromatic rings. The summed E-state index contributed by atoms with van der Waals surface area (Å²) in [6.07, 6.45) is 0. The van der Waals surface area contributed by atoms with Gasteiger partial charge in [0, 0.05) is 10.8 Å². The maximum Gasteiger partial charge on any atom is 0.319 e. The SMILES string of the molecule is CC(C)C(=O)Nc1cc(SC(C)C(=O)OC(C)(C)C)c(Cl)cc1F. The zero-order valence-electron chi connectivity index (χ0n) is 14.7. The number of thioether (sulfide) groups is 1. The highest BCUT2D eigenvalue weighted by molar-refractivity contribution is 8.00. The minimum Gasteiger partial charge on any atom is -0.459 e. The lowest BCUT2D eigenvalue weighted by Crippen LogP contribution is -2.28. The monoisotopic (exact) mass is 375 g/mol. The van der Waals surface area contributed by atoms with E-state index in [1.54, 1.807) is 41.5 Å². The zero-order chi connectivity index (χ0) is 18.7. The summed E-state index contributed by atoms with van der Waals surface area (Å²) in [6.45, 7) is 10.5. The molecule has 0 spiro atoms. The largest absolute Gasteiger partial charge is 0.459 e. The van der Waals surface area contributed by atoms with Crippen LogP contribution in [0.5, 0.6) is 0 Å². The molecule has 1 unspecified atom stereocenters. The molecule has 24 heavy (non-hydrogen) atoms. The summed E-state index contributed by atoms with van der Waals surface area (Å²) in [5.41, 5.74) is -0.550. The van der Waals surface area contributed by atoms with E-state index in [1.165, 1.54) is 6.07 Å². The van der Waals surface area contributed by atoms with Gasteiger partial charge in [-0.3, -0.25) is 9.59 Å². The molecule has 1 amide bonds. The predicted octanol–water partition coefficient (Wildman–Crippen LogP) is 4.90. The van der Waals surface area contributed by atoms with Gasteiger partial charge in [-0.15, -0.1) is 11.8 Å². The molecular weight excluding hydrogens is 353 g/mol. The van der Waals surface area contributed by atoms with E-state index in [2.05, 4.69) is 5.32 Å². The number of amides is 1. The van der Waals surface area contributed by atoms with Crippen molar-refractivity contribution in [1.29, 1.82) is 0 Å². The lowest BCUT2D eigenvalue weighted by atomic mass is 10.2. The van der Waals surface area contributed by atoms with Crippen LogP contribution in [0.25, 0.3) is 0 Å². The molecule has 0 saturated carbocycles. The number of nitrogens with one attached hydrogen (secondary N) is 1. The summed E-state index contributed by atoms with van der Waals surface area (Å²) < 4.78 is 19.3. The van der Waals surface area contributed by atoms with Crippen molar-refractivity contribution in [3.05, 3.63) is 23.0 Å². The van der Waals surface area contributed by atoms with Crippen molar-refractivity contribution >= 4 is 40.9 Å². The molecule has 4 nitrogen and oxygen atoms in total. The smallest absolute Gasteiger partial charge is 0.319 e. The van der Waals surface area contributed by atoms with Gasteiger partial charge >= 0.3 is 5.97 Å². The maximum absolute atomic E-state index is 14.0. The molecule has 1 atom stereocenters. The molecule has 0 bridgehead atoms. The van der Waals surface area contributed by atoms with Crippen molar-refractivity contribution in [3.8, 4) is 0 Å². The Morgan fingerprint density at radius 2 is 1.83 bits per heavy atom. The normalized spacial score (nSPS) is 12.9. The van der Waals surface area contributed by atoms with Crippen LogP contribution in [0, 0.1) is 11.7 Å². The van der Waals surface area contributed by atoms with Gasteiger partial charge in [-0.1, -0.05) is 25.4 Å². The maximum atomic E-state index is 14.0. The van der Waals surface area contributed by atoms with Crippen LogP contribution in [0.2, 0.25) is 5.02 Å². The van der Waals surface area contributed by atoms with Crippen LogP contribution in [-0.2, 0) is 14.3 Å². The molecule has 1 N–H and O–H groups in total. The number of carbonyl (C=O) groups is 2. The highest BCUT2D eigenvalue weighted by atomic mass is 35.5. The summed E-state index contributed by atoms with van der Waals surface area (Å²) in [5.74, 6) is -1.59. The number of hydrogen-bond acceptors (Lipinski definition) is 4. The first-order valence-electron chi connectivity index (χ1n) is 7.60. The average molecular weight is 376 g/mol. The Kier molecular flexibility index (Phi) is 7.10. The lowest BCUT2D eigenvalue weighted by Gasteiger charge is -2.22. The standard InChI is InChI=1S/C17H23ClFNO3S/c1-9(2)15(21)20-13-8-14(11(18)7-12(13)19)24-10(3)16(22)23-17(4,5)6/h7-10H,1-6H3,(H,20,21). The third-order valence-electron chi connectivity index (χ3n) is 2.85. The Labute approximate surface area is 151 Å². The summed E-state index contributed by atoms with van der Waals surface area (Å²) in [6, 6.07) is 2.56. The van der Waals surface area contributed by atoms with Crippen LogP contribution in [0.3, 0.4) is 0 Å². The van der Waals surface area contributed by atoms with Crippen molar-refractivity contribution in [2.45, 2.75) is 57.3 Å². The van der Waals surface area contributed by atoms with Crippen LogP contribution in [0.1, 0.15) is 41.5 Å². The van der Waals surface area contributed by atoms with E-state index in [0.29, 0.717) is 4.90 Å². The molecule has 1 rings (SSSR count). The van der Waals surface area contributed by atoms with Crippen molar-refractivity contribution in [2.75, 3.05) is 5.32 Å². The Balaban J connectivity index is 2.95. The second-order valence-corrected chi connectivity index (χ2v) is 8.49. The summed E-state index contributed by atoms with van der Waals surface area (Å²) in [5, 5.41) is 2.17. The number of carbonyl (C=O) groups excluding carboxylic acids is 2. The van der Waals surface area contributed by atoms with Gasteiger partial charge in [0.05, 0.1) is 10.7 Å². The van der Waals surface area contributed by atoms with E-state index in [1.807, 2.05) is 0 Å². The third kappa shape index (κ3) is 6.32. The summed E-state index contributed by atoms with van der Waals surface area (Å²) in [7, 11) is 0. The van der Waals surface area contributed by atoms with Gasteiger partial charge < -0.3 is 10.1 Å². The molecule has 0 radical (unpaired) electrons. The second kappa shape index (κ2) is 8.21. The molecule has 0 saturated heterocycles. The number of rotatable bonds is 5. The van der Waals surface area contributed by atoms with Crippen LogP contribution in [0.15, 0.2) is 17.0 Å². The number of halogens is 2. The first kappa shape index (κ1) is 20.8. The highest BCUT2D eigenvalue weighted by Crippen LogP contribution is 2.35. The number of hydrogen-bond donors (Lipinski definition) is 1. The van der Waals surface area contributed by atoms with E-state index < -0.39 is 16.7 Å². The highest BCUT2D eigenvalue weighted by Gasteiger charge is 2.24. The Bertz CT molecular complexity index is 629. The molecule has 0 aliphatic rings. The summed E-state index contributed by atoms with van der Waals surface area (Å²) >= 11 is 7.21. The van der Waals surface area contributed by atoms with Crippen molar-refractivity contribution in [2.24, 2.45) is 5.92 Å². The third-order valence-corrected chi connectivity index (χ3v) is 4.41. The van der Waals surface area contributed by atoms with Crippen molar-refractivity contribution < 1.29 is 18.7 Å². The quantitative estimate of drug-likeness (QED) is 0.587. The van der Waals surface area contributed by atoms with Crippen LogP contribution < -0.4 is 5.32 Å². The lowest BCUT2D eigenvalue weighted by molar-refractivity contribution is -0.153. The summed E-state index contributed by atoms with van der Waals surface area (Å²) in [4.78, 5) is 24.3. The molecule has 0 heterocycles. The number of anilines is 1. The Morgan fingerprint density at radius 1 is 1.25 bits per heavy atom. The van der Waals surface area contributed by atoms with Gasteiger partial charge in [0.25, 0.3) is 0 Å². The molecule has 0 aliphatic heterocycles. The molecule has 1 aromatic carbocycles. The van der Waals surface area contributed by atoms with Crippen LogP contribution >= 0.6 is 23.4 Å². The van der Waals surface area contributed by atoms with E-state index >= 15 is 0 Å². The van der Waals surface area contributed by atoms with Crippen molar-refractivity contribution in [3.63, 3.8) is 0 Å². The first-order chi connectivity index (χ1) is 10.9. The van der Waals surface area contributed by atoms with E-state index in [4.69, 9.17) is 16.3 Å². The van der Waals surface area contributed by atoms with Gasteiger partial charge in [-0.25, -0.2) is 4.39 Å². The van der Waals surface area contributed by atoms with Crippen LogP contribution in [-0.4, -0.2) is 22.7 Å². The van der Waals surface area contributed by atoms with Gasteiger partial charge in [-0.2, -0.15) is 0 Å². The Hall–Kier alpha value is -1.27. The van der Waals surface area contributed by atoms with Gasteiger partial charge in [0.1, 0.15) is 16.7 Å². The van der Waals surface area contributed by atoms with E-state index in [9.17, 15) is 14.0 Å². The second-order valence-electron chi connectivity index (χ2n) is 6.70. The molecule has 0 fully saturated rings. The number of benzene rings is 1. The Morgan fingerprint density at radius 3 is 2.33 bits per heavy atom. The first-order valence-corrected chi connectivity index (χ1v) is 8.86. The van der Waals surface area contributed by atoms with E-state index in [-0.39, 0.29) is 28.5 Å². The molecule has 7 heteroatoms. The number of esters is 1. The number of ether oxygens (including phenoxy) is 1. The fourth-order valence-electron chi connectivity index (χ4n) is 1.62. The van der Waals surface area contributed by atoms with E-state index in [0.717, 1.165) is 17.8 Å². The minimum absolute atomic E-state index is 0.0389. The fourth-order valence-corrected chi connectivity index (χ4v) is 2.78. The van der Waals surface area contributed by atoms with Gasteiger partial charge in [0.2, 0.25) is 5.91 Å². The van der Waals surface area contributed by atoms with Gasteiger partial charge in [0.15, 0.2) is 0 Å². The molecule has 0 aliphatic carbocycles. The topological polar surface area (TPSA) is 55.4 Å². The van der Waals surface area contributed by atoms with Crippen molar-refractivity contribution in [1.82, 2.24) is 0 Å². The molecule has 134 valence electrons. The zero-order valence-corrected chi connectivity index (χ0v) is 16.3. The molecule has 0 aromatic heterocycles. The minimum atomic E-state index is -0.622. The average Bonchev–Trinajstić information content (AvgIpc) is 2.41. The fraction of sp³-hybridized carbons (Fsp3) is 0.529.